The quantitative estimate of drug-likeness (QED) is 0.597. The Balaban J connectivity index is 2.34. The van der Waals surface area contributed by atoms with Crippen molar-refractivity contribution in [3.05, 3.63) is 58.1 Å². The predicted octanol–water partition coefficient (Wildman–Crippen LogP) is 3.47. The Labute approximate surface area is 147 Å². The van der Waals surface area contributed by atoms with E-state index in [0.717, 1.165) is 5.56 Å². The zero-order valence-electron chi connectivity index (χ0n) is 12.3. The molecule has 2 rings (SSSR count). The molecule has 0 aliphatic carbocycles. The van der Waals surface area contributed by atoms with E-state index in [4.69, 9.17) is 27.4 Å². The van der Waals surface area contributed by atoms with Gasteiger partial charge in [0.05, 0.1) is 18.4 Å². The Morgan fingerprint density at radius 2 is 2.00 bits per heavy atom. The normalized spacial score (nSPS) is 10.0. The molecule has 5 nitrogen and oxygen atoms in total. The summed E-state index contributed by atoms with van der Waals surface area (Å²) in [5.74, 6) is -0.0198. The van der Waals surface area contributed by atoms with Gasteiger partial charge >= 0.3 is 5.97 Å². The zero-order chi connectivity index (χ0) is 16.8. The van der Waals surface area contributed by atoms with Crippen molar-refractivity contribution in [3.63, 3.8) is 0 Å². The van der Waals surface area contributed by atoms with Crippen molar-refractivity contribution in [1.82, 2.24) is 0 Å². The number of esters is 1. The Morgan fingerprint density at radius 1 is 1.30 bits per heavy atom. The fourth-order valence-corrected chi connectivity index (χ4v) is 2.55. The summed E-state index contributed by atoms with van der Waals surface area (Å²) in [6.45, 7) is 0.337. The van der Waals surface area contributed by atoms with Crippen LogP contribution in [0.5, 0.6) is 5.75 Å². The second-order valence-electron chi connectivity index (χ2n) is 4.59. The van der Waals surface area contributed by atoms with Crippen LogP contribution < -0.4 is 15.8 Å². The van der Waals surface area contributed by atoms with Gasteiger partial charge in [-0.2, -0.15) is 0 Å². The number of ether oxygens (including phenoxy) is 2. The van der Waals surface area contributed by atoms with Gasteiger partial charge in [-0.15, -0.1) is 0 Å². The van der Waals surface area contributed by atoms with Crippen molar-refractivity contribution in [1.29, 1.82) is 0 Å². The summed E-state index contributed by atoms with van der Waals surface area (Å²) in [7, 11) is 1.32. The van der Waals surface area contributed by atoms with Crippen LogP contribution in [0.25, 0.3) is 0 Å². The largest absolute Gasteiger partial charge is 0.487 e. The van der Waals surface area contributed by atoms with E-state index >= 15 is 0 Å². The Kier molecular flexibility index (Phi) is 5.95. The molecule has 0 aliphatic rings. The van der Waals surface area contributed by atoms with Crippen molar-refractivity contribution in [2.75, 3.05) is 12.4 Å². The second kappa shape index (κ2) is 7.94. The van der Waals surface area contributed by atoms with Crippen LogP contribution in [0.4, 0.5) is 5.69 Å². The lowest BCUT2D eigenvalue weighted by Gasteiger charge is -2.15. The number of nitrogens with two attached hydrogens (primary N) is 1. The van der Waals surface area contributed by atoms with Gasteiger partial charge in [-0.1, -0.05) is 30.3 Å². The molecule has 0 amide bonds. The van der Waals surface area contributed by atoms with Gasteiger partial charge in [0.25, 0.3) is 0 Å². The molecule has 0 saturated carbocycles. The topological polar surface area (TPSA) is 73.6 Å². The number of carbonyl (C=O) groups excluding carboxylic acids is 1. The molecular weight excluding hydrogens is 380 g/mol. The summed E-state index contributed by atoms with van der Waals surface area (Å²) in [6, 6.07) is 12.9. The van der Waals surface area contributed by atoms with Crippen LogP contribution in [0, 0.1) is 0 Å². The maximum atomic E-state index is 11.8. The molecule has 2 aromatic rings. The van der Waals surface area contributed by atoms with Crippen LogP contribution in [0.2, 0.25) is 0 Å². The number of carbonyl (C=O) groups is 1. The highest BCUT2D eigenvalue weighted by atomic mass is 79.9. The van der Waals surface area contributed by atoms with E-state index in [0.29, 0.717) is 28.1 Å². The van der Waals surface area contributed by atoms with Gasteiger partial charge in [-0.25, -0.2) is 4.79 Å². The number of halogens is 1. The molecule has 120 valence electrons. The highest BCUT2D eigenvalue weighted by Crippen LogP contribution is 2.35. The van der Waals surface area contributed by atoms with Gasteiger partial charge in [-0.05, 0) is 45.8 Å². The van der Waals surface area contributed by atoms with Crippen molar-refractivity contribution < 1.29 is 14.3 Å². The van der Waals surface area contributed by atoms with Crippen LogP contribution in [0.3, 0.4) is 0 Å². The molecular formula is C16H15BrN2O3S. The smallest absolute Gasteiger partial charge is 0.338 e. The number of anilines is 1. The molecule has 2 aromatic carbocycles. The van der Waals surface area contributed by atoms with E-state index in [1.165, 1.54) is 7.11 Å². The molecule has 23 heavy (non-hydrogen) atoms. The lowest BCUT2D eigenvalue weighted by Crippen LogP contribution is -2.20. The van der Waals surface area contributed by atoms with Crippen LogP contribution in [0.1, 0.15) is 15.9 Å². The number of benzene rings is 2. The first-order chi connectivity index (χ1) is 11.0. The summed E-state index contributed by atoms with van der Waals surface area (Å²) in [5, 5.41) is 2.95. The maximum absolute atomic E-state index is 11.8. The monoisotopic (exact) mass is 394 g/mol. The fourth-order valence-electron chi connectivity index (χ4n) is 1.91. The standard InChI is InChI=1S/C16H15BrN2O3S/c1-21-15(20)11-7-12(17)14(19-16(18)23)13(8-11)22-9-10-5-3-2-4-6-10/h2-8H,9H2,1H3,(H3,18,19,23). The molecule has 0 atom stereocenters. The first-order valence-corrected chi connectivity index (χ1v) is 7.86. The minimum Gasteiger partial charge on any atom is -0.487 e. The molecule has 0 saturated heterocycles. The molecule has 0 aromatic heterocycles. The molecule has 0 unspecified atom stereocenters. The van der Waals surface area contributed by atoms with Gasteiger partial charge in [0, 0.05) is 4.47 Å². The summed E-state index contributed by atoms with van der Waals surface area (Å²) in [4.78, 5) is 11.8. The van der Waals surface area contributed by atoms with Crippen molar-refractivity contribution in [3.8, 4) is 5.75 Å². The molecule has 0 heterocycles. The first-order valence-electron chi connectivity index (χ1n) is 6.66. The van der Waals surface area contributed by atoms with E-state index in [9.17, 15) is 4.79 Å². The van der Waals surface area contributed by atoms with Crippen LogP contribution >= 0.6 is 28.1 Å². The highest BCUT2D eigenvalue weighted by molar-refractivity contribution is 9.10. The third kappa shape index (κ3) is 4.67. The Hall–Kier alpha value is -2.12. The van der Waals surface area contributed by atoms with E-state index in [1.54, 1.807) is 12.1 Å². The summed E-state index contributed by atoms with van der Waals surface area (Å²) in [6.07, 6.45) is 0. The highest BCUT2D eigenvalue weighted by Gasteiger charge is 2.16. The zero-order valence-corrected chi connectivity index (χ0v) is 14.7. The second-order valence-corrected chi connectivity index (χ2v) is 5.88. The van der Waals surface area contributed by atoms with Crippen molar-refractivity contribution in [2.24, 2.45) is 5.73 Å². The molecule has 0 radical (unpaired) electrons. The summed E-state index contributed by atoms with van der Waals surface area (Å²) in [5.41, 5.74) is 7.45. The molecule has 0 bridgehead atoms. The Bertz CT molecular complexity index is 723. The fraction of sp³-hybridized carbons (Fsp3) is 0.125. The molecule has 7 heteroatoms. The van der Waals surface area contributed by atoms with E-state index in [-0.39, 0.29) is 5.11 Å². The van der Waals surface area contributed by atoms with E-state index < -0.39 is 5.97 Å². The number of hydrogen-bond donors (Lipinski definition) is 2. The predicted molar refractivity (Wildman–Crippen MR) is 96.7 cm³/mol. The number of rotatable bonds is 5. The van der Waals surface area contributed by atoms with Gasteiger partial charge in [0.15, 0.2) is 5.11 Å². The summed E-state index contributed by atoms with van der Waals surface area (Å²) >= 11 is 8.27. The molecule has 3 N–H and O–H groups in total. The third-order valence-corrected chi connectivity index (χ3v) is 3.69. The van der Waals surface area contributed by atoms with Gasteiger partial charge in [0.2, 0.25) is 0 Å². The number of nitrogens with one attached hydrogen (secondary N) is 1. The molecule has 0 spiro atoms. The molecule has 0 aliphatic heterocycles. The SMILES string of the molecule is COC(=O)c1cc(Br)c(NC(N)=S)c(OCc2ccccc2)c1. The summed E-state index contributed by atoms with van der Waals surface area (Å²) < 4.78 is 11.2. The van der Waals surface area contributed by atoms with Crippen molar-refractivity contribution in [2.45, 2.75) is 6.61 Å². The van der Waals surface area contributed by atoms with Gasteiger partial charge < -0.3 is 20.5 Å². The lowest BCUT2D eigenvalue weighted by molar-refractivity contribution is 0.0600. The average molecular weight is 395 g/mol. The van der Waals surface area contributed by atoms with Crippen molar-refractivity contribution >= 4 is 44.9 Å². The van der Waals surface area contributed by atoms with E-state index in [2.05, 4.69) is 21.2 Å². The Morgan fingerprint density at radius 3 is 2.61 bits per heavy atom. The van der Waals surface area contributed by atoms with Gasteiger partial charge in [0.1, 0.15) is 12.4 Å². The minimum atomic E-state index is -0.461. The minimum absolute atomic E-state index is 0.0982. The molecule has 0 fully saturated rings. The van der Waals surface area contributed by atoms with Crippen LogP contribution in [-0.2, 0) is 11.3 Å². The van der Waals surface area contributed by atoms with E-state index in [1.807, 2.05) is 30.3 Å². The van der Waals surface area contributed by atoms with Crippen LogP contribution in [-0.4, -0.2) is 18.2 Å². The first kappa shape index (κ1) is 17.2. The number of methoxy groups -OCH3 is 1. The average Bonchev–Trinajstić information content (AvgIpc) is 2.55. The maximum Gasteiger partial charge on any atom is 0.338 e. The third-order valence-electron chi connectivity index (χ3n) is 2.96. The number of hydrogen-bond acceptors (Lipinski definition) is 4. The number of thiocarbonyl (C=S) groups is 1. The van der Waals surface area contributed by atoms with Crippen LogP contribution in [0.15, 0.2) is 46.9 Å². The van der Waals surface area contributed by atoms with Gasteiger partial charge in [-0.3, -0.25) is 0 Å². The lowest BCUT2D eigenvalue weighted by atomic mass is 10.2.